The Balaban J connectivity index is 2.69. The second kappa shape index (κ2) is 4.73. The van der Waals surface area contributed by atoms with Crippen molar-refractivity contribution < 1.29 is 4.42 Å². The predicted octanol–water partition coefficient (Wildman–Crippen LogP) is 3.41. The zero-order valence-electron chi connectivity index (χ0n) is 10.1. The topological polar surface area (TPSA) is 13.1 Å². The fraction of sp³-hybridized carbons (Fsp3) is 0.667. The first-order chi connectivity index (χ1) is 6.43. The van der Waals surface area contributed by atoms with Gasteiger partial charge in [0.05, 0.1) is 0 Å². The van der Waals surface area contributed by atoms with Gasteiger partial charge in [0.2, 0.25) is 0 Å². The van der Waals surface area contributed by atoms with E-state index in [0.29, 0.717) is 0 Å². The molecule has 0 bridgehead atoms. The summed E-state index contributed by atoms with van der Waals surface area (Å²) in [6.07, 6.45) is 2.33. The molecule has 2 heteroatoms. The first kappa shape index (κ1) is 12.1. The molecule has 1 aromatic rings. The molecule has 0 spiro atoms. The standard InChI is InChI=1S/C9H13O.3CH3.Sn/c1-3-8(2)7-9-5-4-6-10-9;;;;/h4-5,8H,3,7H2,1-2H3;3*1H3;. The number of furan rings is 1. The van der Waals surface area contributed by atoms with E-state index in [1.165, 1.54) is 16.0 Å². The van der Waals surface area contributed by atoms with Gasteiger partial charge in [0.15, 0.2) is 0 Å². The summed E-state index contributed by atoms with van der Waals surface area (Å²) >= 11 is -1.94. The van der Waals surface area contributed by atoms with Gasteiger partial charge >= 0.3 is 91.9 Å². The van der Waals surface area contributed by atoms with Gasteiger partial charge in [-0.25, -0.2) is 0 Å². The number of hydrogen-bond donors (Lipinski definition) is 0. The van der Waals surface area contributed by atoms with Gasteiger partial charge in [0, 0.05) is 0 Å². The van der Waals surface area contributed by atoms with Gasteiger partial charge in [-0.15, -0.1) is 0 Å². The van der Waals surface area contributed by atoms with Crippen LogP contribution in [0.3, 0.4) is 0 Å². The molecule has 0 saturated heterocycles. The van der Waals surface area contributed by atoms with Crippen molar-refractivity contribution in [1.82, 2.24) is 0 Å². The van der Waals surface area contributed by atoms with Crippen LogP contribution in [0.5, 0.6) is 0 Å². The minimum atomic E-state index is -1.94. The average molecular weight is 301 g/mol. The molecule has 14 heavy (non-hydrogen) atoms. The molecule has 80 valence electrons. The van der Waals surface area contributed by atoms with E-state index in [0.717, 1.165) is 12.3 Å². The van der Waals surface area contributed by atoms with Crippen molar-refractivity contribution in [2.45, 2.75) is 41.5 Å². The van der Waals surface area contributed by atoms with Gasteiger partial charge in [-0.2, -0.15) is 0 Å². The number of rotatable bonds is 4. The van der Waals surface area contributed by atoms with E-state index in [4.69, 9.17) is 4.42 Å². The van der Waals surface area contributed by atoms with Crippen LogP contribution >= 0.6 is 0 Å². The van der Waals surface area contributed by atoms with E-state index in [1.807, 2.05) is 0 Å². The molecular formula is C12H22OSn. The zero-order chi connectivity index (χ0) is 10.8. The quantitative estimate of drug-likeness (QED) is 0.777. The third-order valence-electron chi connectivity index (χ3n) is 2.65. The van der Waals surface area contributed by atoms with Gasteiger partial charge in [-0.05, 0) is 0 Å². The van der Waals surface area contributed by atoms with Crippen LogP contribution in [0, 0.1) is 5.92 Å². The second-order valence-corrected chi connectivity index (χ2v) is 19.5. The average Bonchev–Trinajstić information content (AvgIpc) is 2.51. The molecule has 0 fully saturated rings. The van der Waals surface area contributed by atoms with Gasteiger partial charge < -0.3 is 0 Å². The molecule has 0 aliphatic carbocycles. The number of hydrogen-bond acceptors (Lipinski definition) is 1. The van der Waals surface area contributed by atoms with Crippen LogP contribution in [-0.2, 0) is 6.42 Å². The Morgan fingerprint density at radius 3 is 2.36 bits per heavy atom. The Hall–Kier alpha value is 0.0787. The molecule has 0 amide bonds. The van der Waals surface area contributed by atoms with Crippen molar-refractivity contribution >= 4 is 22.2 Å². The van der Waals surface area contributed by atoms with Crippen molar-refractivity contribution in [3.63, 3.8) is 0 Å². The molecule has 1 aromatic heterocycles. The van der Waals surface area contributed by atoms with E-state index in [-0.39, 0.29) is 0 Å². The SMILES string of the molecule is CCC(C)Cc1cc[c]([Sn]([CH3])([CH3])[CH3])o1. The van der Waals surface area contributed by atoms with Crippen LogP contribution in [-0.4, -0.2) is 18.4 Å². The van der Waals surface area contributed by atoms with Crippen molar-refractivity contribution in [3.8, 4) is 0 Å². The normalized spacial score (nSPS) is 14.4. The molecular weight excluding hydrogens is 279 g/mol. The van der Waals surface area contributed by atoms with Crippen LogP contribution in [0.15, 0.2) is 16.5 Å². The van der Waals surface area contributed by atoms with Gasteiger partial charge in [0.25, 0.3) is 0 Å². The summed E-state index contributed by atoms with van der Waals surface area (Å²) in [7, 11) is 0. The van der Waals surface area contributed by atoms with E-state index < -0.39 is 18.4 Å². The maximum absolute atomic E-state index is 5.91. The molecule has 1 heterocycles. The van der Waals surface area contributed by atoms with E-state index in [2.05, 4.69) is 40.8 Å². The molecule has 1 rings (SSSR count). The molecule has 0 aromatic carbocycles. The summed E-state index contributed by atoms with van der Waals surface area (Å²) in [5, 5.41) is 0. The van der Waals surface area contributed by atoms with Crippen LogP contribution in [0.2, 0.25) is 14.8 Å². The van der Waals surface area contributed by atoms with Crippen LogP contribution in [0.1, 0.15) is 26.0 Å². The molecule has 0 N–H and O–H groups in total. The van der Waals surface area contributed by atoms with Crippen LogP contribution in [0.25, 0.3) is 0 Å². The molecule has 1 unspecified atom stereocenters. The maximum atomic E-state index is 5.91. The summed E-state index contributed by atoms with van der Waals surface area (Å²) in [5.41, 5.74) is 0. The first-order valence-electron chi connectivity index (χ1n) is 5.52. The third-order valence-corrected chi connectivity index (χ3v) is 7.63. The van der Waals surface area contributed by atoms with Crippen LogP contribution < -0.4 is 3.78 Å². The summed E-state index contributed by atoms with van der Waals surface area (Å²) in [6.45, 7) is 4.51. The molecule has 0 aliphatic heterocycles. The Bertz CT molecular complexity index is 283. The van der Waals surface area contributed by atoms with Crippen molar-refractivity contribution in [2.24, 2.45) is 5.92 Å². The zero-order valence-corrected chi connectivity index (χ0v) is 12.9. The molecule has 0 radical (unpaired) electrons. The van der Waals surface area contributed by atoms with E-state index in [1.54, 1.807) is 0 Å². The fourth-order valence-electron chi connectivity index (χ4n) is 1.38. The van der Waals surface area contributed by atoms with Crippen molar-refractivity contribution in [2.75, 3.05) is 0 Å². The third kappa shape index (κ3) is 3.34. The predicted molar refractivity (Wildman–Crippen MR) is 64.8 cm³/mol. The van der Waals surface area contributed by atoms with Gasteiger partial charge in [-0.1, -0.05) is 0 Å². The molecule has 0 saturated carbocycles. The minimum absolute atomic E-state index is 0.740. The summed E-state index contributed by atoms with van der Waals surface area (Å²) in [5.74, 6) is 1.92. The van der Waals surface area contributed by atoms with E-state index in [9.17, 15) is 0 Å². The fourth-order valence-corrected chi connectivity index (χ4v) is 4.29. The Morgan fingerprint density at radius 1 is 1.29 bits per heavy atom. The Labute approximate surface area is 91.8 Å². The van der Waals surface area contributed by atoms with Crippen molar-refractivity contribution in [3.05, 3.63) is 17.9 Å². The first-order valence-corrected chi connectivity index (χ1v) is 15.5. The Kier molecular flexibility index (Phi) is 4.11. The van der Waals surface area contributed by atoms with Crippen LogP contribution in [0.4, 0.5) is 0 Å². The molecule has 1 atom stereocenters. The molecule has 1 nitrogen and oxygen atoms in total. The summed E-state index contributed by atoms with van der Waals surface area (Å²) < 4.78 is 7.22. The Morgan fingerprint density at radius 2 is 1.93 bits per heavy atom. The summed E-state index contributed by atoms with van der Waals surface area (Å²) in [4.78, 5) is 7.17. The summed E-state index contributed by atoms with van der Waals surface area (Å²) in [6, 6.07) is 4.37. The van der Waals surface area contributed by atoms with Gasteiger partial charge in [0.1, 0.15) is 0 Å². The van der Waals surface area contributed by atoms with Gasteiger partial charge in [-0.3, -0.25) is 0 Å². The van der Waals surface area contributed by atoms with E-state index >= 15 is 0 Å². The second-order valence-electron chi connectivity index (χ2n) is 5.23. The monoisotopic (exact) mass is 302 g/mol. The molecule has 0 aliphatic rings. The van der Waals surface area contributed by atoms with Crippen molar-refractivity contribution in [1.29, 1.82) is 0 Å².